The summed E-state index contributed by atoms with van der Waals surface area (Å²) in [7, 11) is 1.90. The average Bonchev–Trinajstić information content (AvgIpc) is 2.25. The third kappa shape index (κ3) is 4.01. The number of rotatable bonds is 5. The fourth-order valence-corrected chi connectivity index (χ4v) is 1.67. The number of amides is 1. The highest BCUT2D eigenvalue weighted by molar-refractivity contribution is 9.10. The first-order valence-electron chi connectivity index (χ1n) is 4.93. The summed E-state index contributed by atoms with van der Waals surface area (Å²) in [5, 5.41) is 5.90. The predicted molar refractivity (Wildman–Crippen MR) is 65.0 cm³/mol. The van der Waals surface area contributed by atoms with Crippen LogP contribution in [0.2, 0.25) is 0 Å². The molecule has 0 radical (unpaired) electrons. The van der Waals surface area contributed by atoms with Crippen molar-refractivity contribution in [2.45, 2.75) is 6.42 Å². The molecule has 0 aromatic heterocycles. The van der Waals surface area contributed by atoms with E-state index in [0.29, 0.717) is 12.1 Å². The van der Waals surface area contributed by atoms with Crippen LogP contribution in [0.15, 0.2) is 28.7 Å². The highest BCUT2D eigenvalue weighted by Gasteiger charge is 2.07. The molecule has 0 saturated carbocycles. The summed E-state index contributed by atoms with van der Waals surface area (Å²) in [5.74, 6) is -0.0291. The van der Waals surface area contributed by atoms with Gasteiger partial charge in [0.1, 0.15) is 0 Å². The van der Waals surface area contributed by atoms with Crippen LogP contribution in [0.5, 0.6) is 0 Å². The standard InChI is InChI=1S/C11H15BrN2O/c1-13-7-4-8-14-11(15)9-5-2-3-6-10(9)12/h2-3,5-6,13H,4,7-8H2,1H3,(H,14,15). The van der Waals surface area contributed by atoms with Gasteiger partial charge >= 0.3 is 0 Å². The van der Waals surface area contributed by atoms with E-state index in [0.717, 1.165) is 17.4 Å². The molecule has 0 spiro atoms. The molecule has 3 nitrogen and oxygen atoms in total. The van der Waals surface area contributed by atoms with Crippen molar-refractivity contribution in [1.29, 1.82) is 0 Å². The van der Waals surface area contributed by atoms with Gasteiger partial charge < -0.3 is 10.6 Å². The van der Waals surface area contributed by atoms with Crippen molar-refractivity contribution in [2.75, 3.05) is 20.1 Å². The third-order valence-corrected chi connectivity index (χ3v) is 2.70. The lowest BCUT2D eigenvalue weighted by Crippen LogP contribution is -2.26. The monoisotopic (exact) mass is 270 g/mol. The molecule has 82 valence electrons. The molecule has 0 bridgehead atoms. The number of benzene rings is 1. The van der Waals surface area contributed by atoms with Crippen molar-refractivity contribution in [3.63, 3.8) is 0 Å². The van der Waals surface area contributed by atoms with Gasteiger partial charge in [-0.05, 0) is 48.1 Å². The van der Waals surface area contributed by atoms with Crippen molar-refractivity contribution in [2.24, 2.45) is 0 Å². The Morgan fingerprint density at radius 2 is 2.07 bits per heavy atom. The minimum absolute atomic E-state index is 0.0291. The lowest BCUT2D eigenvalue weighted by Gasteiger charge is -2.06. The van der Waals surface area contributed by atoms with Gasteiger partial charge in [0.05, 0.1) is 5.56 Å². The molecule has 4 heteroatoms. The molecule has 0 fully saturated rings. The second kappa shape index (κ2) is 6.58. The van der Waals surface area contributed by atoms with Crippen LogP contribution in [0, 0.1) is 0 Å². The molecule has 0 saturated heterocycles. The SMILES string of the molecule is CNCCCNC(=O)c1ccccc1Br. The Morgan fingerprint density at radius 3 is 2.73 bits per heavy atom. The first kappa shape index (κ1) is 12.2. The van der Waals surface area contributed by atoms with Gasteiger partial charge in [-0.15, -0.1) is 0 Å². The first-order chi connectivity index (χ1) is 7.25. The number of hydrogen-bond acceptors (Lipinski definition) is 2. The van der Waals surface area contributed by atoms with Crippen LogP contribution in [0.4, 0.5) is 0 Å². The minimum atomic E-state index is -0.0291. The third-order valence-electron chi connectivity index (χ3n) is 2.01. The first-order valence-corrected chi connectivity index (χ1v) is 5.72. The molecule has 1 aromatic carbocycles. The molecule has 0 heterocycles. The van der Waals surface area contributed by atoms with Gasteiger partial charge in [0.15, 0.2) is 0 Å². The molecular weight excluding hydrogens is 256 g/mol. The number of hydrogen-bond donors (Lipinski definition) is 2. The second-order valence-corrected chi connectivity index (χ2v) is 4.05. The summed E-state index contributed by atoms with van der Waals surface area (Å²) in [6.45, 7) is 1.61. The molecule has 0 aliphatic heterocycles. The zero-order chi connectivity index (χ0) is 11.1. The van der Waals surface area contributed by atoms with Gasteiger partial charge in [0.2, 0.25) is 0 Å². The number of nitrogens with one attached hydrogen (secondary N) is 2. The zero-order valence-corrected chi connectivity index (χ0v) is 10.3. The summed E-state index contributed by atoms with van der Waals surface area (Å²) in [6.07, 6.45) is 0.937. The van der Waals surface area contributed by atoms with Crippen molar-refractivity contribution >= 4 is 21.8 Å². The van der Waals surface area contributed by atoms with Crippen LogP contribution in [-0.4, -0.2) is 26.0 Å². The molecule has 0 atom stereocenters. The second-order valence-electron chi connectivity index (χ2n) is 3.19. The summed E-state index contributed by atoms with van der Waals surface area (Å²) in [6, 6.07) is 7.41. The molecule has 1 aromatic rings. The largest absolute Gasteiger partial charge is 0.352 e. The van der Waals surface area contributed by atoms with Gasteiger partial charge in [-0.1, -0.05) is 12.1 Å². The fraction of sp³-hybridized carbons (Fsp3) is 0.364. The van der Waals surface area contributed by atoms with E-state index in [1.165, 1.54) is 0 Å². The van der Waals surface area contributed by atoms with Crippen LogP contribution in [-0.2, 0) is 0 Å². The molecule has 2 N–H and O–H groups in total. The lowest BCUT2D eigenvalue weighted by molar-refractivity contribution is 0.0952. The summed E-state index contributed by atoms with van der Waals surface area (Å²) in [4.78, 5) is 11.7. The smallest absolute Gasteiger partial charge is 0.252 e. The van der Waals surface area contributed by atoms with E-state index in [4.69, 9.17) is 0 Å². The van der Waals surface area contributed by atoms with Crippen LogP contribution >= 0.6 is 15.9 Å². The predicted octanol–water partition coefficient (Wildman–Crippen LogP) is 1.79. The van der Waals surface area contributed by atoms with E-state index >= 15 is 0 Å². The molecular formula is C11H15BrN2O. The molecule has 1 rings (SSSR count). The highest BCUT2D eigenvalue weighted by Crippen LogP contribution is 2.15. The van der Waals surface area contributed by atoms with Gasteiger partial charge in [-0.2, -0.15) is 0 Å². The fourth-order valence-electron chi connectivity index (χ4n) is 1.21. The Morgan fingerprint density at radius 1 is 1.33 bits per heavy atom. The highest BCUT2D eigenvalue weighted by atomic mass is 79.9. The lowest BCUT2D eigenvalue weighted by atomic mass is 10.2. The van der Waals surface area contributed by atoms with Gasteiger partial charge in [0.25, 0.3) is 5.91 Å². The van der Waals surface area contributed by atoms with Crippen molar-refractivity contribution in [1.82, 2.24) is 10.6 Å². The summed E-state index contributed by atoms with van der Waals surface area (Å²) in [5.41, 5.74) is 0.682. The minimum Gasteiger partial charge on any atom is -0.352 e. The maximum absolute atomic E-state index is 11.7. The Hall–Kier alpha value is -0.870. The maximum Gasteiger partial charge on any atom is 0.252 e. The normalized spacial score (nSPS) is 10.0. The van der Waals surface area contributed by atoms with Crippen LogP contribution in [0.1, 0.15) is 16.8 Å². The van der Waals surface area contributed by atoms with Crippen LogP contribution < -0.4 is 10.6 Å². The zero-order valence-electron chi connectivity index (χ0n) is 8.72. The van der Waals surface area contributed by atoms with Gasteiger partial charge in [-0.3, -0.25) is 4.79 Å². The Kier molecular flexibility index (Phi) is 5.36. The molecule has 15 heavy (non-hydrogen) atoms. The Bertz CT molecular complexity index is 328. The maximum atomic E-state index is 11.7. The molecule has 0 aliphatic rings. The number of carbonyl (C=O) groups excluding carboxylic acids is 1. The quantitative estimate of drug-likeness (QED) is 0.802. The summed E-state index contributed by atoms with van der Waals surface area (Å²) >= 11 is 3.35. The van der Waals surface area contributed by atoms with E-state index in [9.17, 15) is 4.79 Å². The van der Waals surface area contributed by atoms with Crippen LogP contribution in [0.3, 0.4) is 0 Å². The number of carbonyl (C=O) groups is 1. The topological polar surface area (TPSA) is 41.1 Å². The van der Waals surface area contributed by atoms with Crippen molar-refractivity contribution < 1.29 is 4.79 Å². The van der Waals surface area contributed by atoms with E-state index < -0.39 is 0 Å². The molecule has 0 unspecified atom stereocenters. The van der Waals surface area contributed by atoms with E-state index in [1.807, 2.05) is 25.2 Å². The molecule has 0 aliphatic carbocycles. The number of halogens is 1. The van der Waals surface area contributed by atoms with Gasteiger partial charge in [-0.25, -0.2) is 0 Å². The Balaban J connectivity index is 2.44. The van der Waals surface area contributed by atoms with Crippen molar-refractivity contribution in [3.05, 3.63) is 34.3 Å². The molecule has 1 amide bonds. The summed E-state index contributed by atoms with van der Waals surface area (Å²) < 4.78 is 0.830. The van der Waals surface area contributed by atoms with Crippen molar-refractivity contribution in [3.8, 4) is 0 Å². The van der Waals surface area contributed by atoms with E-state index in [1.54, 1.807) is 6.07 Å². The van der Waals surface area contributed by atoms with Crippen LogP contribution in [0.25, 0.3) is 0 Å². The Labute approximate surface area is 98.4 Å². The van der Waals surface area contributed by atoms with E-state index in [2.05, 4.69) is 26.6 Å². The van der Waals surface area contributed by atoms with Gasteiger partial charge in [0, 0.05) is 11.0 Å². The van der Waals surface area contributed by atoms with E-state index in [-0.39, 0.29) is 5.91 Å². The average molecular weight is 271 g/mol.